The number of methoxy groups -OCH3 is 1. The Bertz CT molecular complexity index is 244. The van der Waals surface area contributed by atoms with Crippen LogP contribution in [0.4, 0.5) is 13.2 Å². The Kier molecular flexibility index (Phi) is 6.48. The molecule has 4 nitrogen and oxygen atoms in total. The number of ether oxygens (including phenoxy) is 1. The van der Waals surface area contributed by atoms with Gasteiger partial charge in [0.25, 0.3) is 0 Å². The van der Waals surface area contributed by atoms with Crippen LogP contribution in [0.25, 0.3) is 0 Å². The van der Waals surface area contributed by atoms with Crippen molar-refractivity contribution in [3.8, 4) is 0 Å². The molecule has 0 heterocycles. The normalized spacial score (nSPS) is 14.2. The predicted molar refractivity (Wildman–Crippen MR) is 57.6 cm³/mol. The van der Waals surface area contributed by atoms with E-state index >= 15 is 0 Å². The molecule has 0 aromatic carbocycles. The lowest BCUT2D eigenvalue weighted by molar-refractivity contribution is -0.151. The molecule has 0 rings (SSSR count). The van der Waals surface area contributed by atoms with Gasteiger partial charge in [-0.25, -0.2) is 0 Å². The molecule has 0 fully saturated rings. The van der Waals surface area contributed by atoms with Crippen LogP contribution in [-0.2, 0) is 9.53 Å². The van der Waals surface area contributed by atoms with Gasteiger partial charge in [0.15, 0.2) is 0 Å². The maximum atomic E-state index is 12.1. The third-order valence-electron chi connectivity index (χ3n) is 1.96. The van der Waals surface area contributed by atoms with Crippen LogP contribution in [0.3, 0.4) is 0 Å². The third-order valence-corrected chi connectivity index (χ3v) is 1.96. The average Bonchev–Trinajstić information content (AvgIpc) is 2.11. The van der Waals surface area contributed by atoms with Crippen LogP contribution in [0.1, 0.15) is 13.8 Å². The first kappa shape index (κ1) is 16.2. The summed E-state index contributed by atoms with van der Waals surface area (Å²) in [6, 6.07) is -0.772. The molecular formula is C10H19F3N2O2. The molecule has 1 atom stereocenters. The van der Waals surface area contributed by atoms with E-state index in [1.54, 1.807) is 13.8 Å². The zero-order chi connectivity index (χ0) is 13.6. The van der Waals surface area contributed by atoms with Crippen molar-refractivity contribution in [3.05, 3.63) is 0 Å². The second-order valence-corrected chi connectivity index (χ2v) is 4.21. The monoisotopic (exact) mass is 256 g/mol. The Morgan fingerprint density at radius 3 is 2.29 bits per heavy atom. The highest BCUT2D eigenvalue weighted by molar-refractivity contribution is 5.75. The van der Waals surface area contributed by atoms with Crippen molar-refractivity contribution in [2.24, 2.45) is 0 Å². The number of nitrogens with one attached hydrogen (secondary N) is 1. The van der Waals surface area contributed by atoms with Crippen molar-refractivity contribution in [1.29, 1.82) is 0 Å². The molecule has 0 aromatic heterocycles. The molecule has 1 unspecified atom stereocenters. The van der Waals surface area contributed by atoms with E-state index in [-0.39, 0.29) is 12.6 Å². The Morgan fingerprint density at radius 1 is 1.41 bits per heavy atom. The largest absolute Gasteiger partial charge is 0.468 e. The van der Waals surface area contributed by atoms with E-state index < -0.39 is 24.7 Å². The number of carbonyl (C=O) groups excluding carboxylic acids is 1. The molecule has 17 heavy (non-hydrogen) atoms. The van der Waals surface area contributed by atoms with Crippen molar-refractivity contribution in [3.63, 3.8) is 0 Å². The van der Waals surface area contributed by atoms with Crippen LogP contribution in [0.5, 0.6) is 0 Å². The average molecular weight is 256 g/mol. The van der Waals surface area contributed by atoms with E-state index in [2.05, 4.69) is 10.1 Å². The number of hydrogen-bond donors (Lipinski definition) is 1. The first-order valence-electron chi connectivity index (χ1n) is 5.25. The van der Waals surface area contributed by atoms with Crippen molar-refractivity contribution < 1.29 is 22.7 Å². The maximum Gasteiger partial charge on any atom is 0.401 e. The smallest absolute Gasteiger partial charge is 0.401 e. The Hall–Kier alpha value is -0.820. The Balaban J connectivity index is 4.37. The van der Waals surface area contributed by atoms with Crippen molar-refractivity contribution in [1.82, 2.24) is 10.2 Å². The van der Waals surface area contributed by atoms with Gasteiger partial charge in [0, 0.05) is 12.6 Å². The molecule has 0 aliphatic heterocycles. The highest BCUT2D eigenvalue weighted by atomic mass is 19.4. The first-order valence-corrected chi connectivity index (χ1v) is 5.25. The minimum atomic E-state index is -4.27. The van der Waals surface area contributed by atoms with Crippen molar-refractivity contribution >= 4 is 5.97 Å². The van der Waals surface area contributed by atoms with Gasteiger partial charge >= 0.3 is 12.1 Å². The van der Waals surface area contributed by atoms with E-state index in [0.29, 0.717) is 0 Å². The highest BCUT2D eigenvalue weighted by Gasteiger charge is 2.31. The van der Waals surface area contributed by atoms with Crippen LogP contribution in [0.15, 0.2) is 0 Å². The summed E-state index contributed by atoms with van der Waals surface area (Å²) in [6.45, 7) is 2.50. The van der Waals surface area contributed by atoms with Gasteiger partial charge in [-0.05, 0) is 7.05 Å². The number of halogens is 3. The summed E-state index contributed by atoms with van der Waals surface area (Å²) in [7, 11) is 2.52. The van der Waals surface area contributed by atoms with Crippen LogP contribution in [0, 0.1) is 0 Å². The lowest BCUT2D eigenvalue weighted by Gasteiger charge is -2.25. The molecule has 0 bridgehead atoms. The molecule has 0 saturated carbocycles. The van der Waals surface area contributed by atoms with Gasteiger partial charge in [-0.3, -0.25) is 9.69 Å². The fraction of sp³-hybridized carbons (Fsp3) is 0.900. The molecule has 1 N–H and O–H groups in total. The predicted octanol–water partition coefficient (Wildman–Crippen LogP) is 1.02. The zero-order valence-electron chi connectivity index (χ0n) is 10.5. The number of esters is 1. The standard InChI is InChI=1S/C10H19F3N2O2/c1-7(2)14-8(9(16)17-4)5-15(3)6-10(11,12)13/h7-8,14H,5-6H2,1-4H3. The number of hydrogen-bond acceptors (Lipinski definition) is 4. The molecule has 0 saturated heterocycles. The van der Waals surface area contributed by atoms with Gasteiger partial charge in [0.05, 0.1) is 13.7 Å². The van der Waals surface area contributed by atoms with Gasteiger partial charge in [0.1, 0.15) is 6.04 Å². The SMILES string of the molecule is COC(=O)C(CN(C)CC(F)(F)F)NC(C)C. The van der Waals surface area contributed by atoms with Crippen LogP contribution >= 0.6 is 0 Å². The van der Waals surface area contributed by atoms with E-state index in [1.807, 2.05) is 0 Å². The Morgan fingerprint density at radius 2 is 1.94 bits per heavy atom. The van der Waals surface area contributed by atoms with Crippen molar-refractivity contribution in [2.75, 3.05) is 27.2 Å². The number of carbonyl (C=O) groups is 1. The minimum absolute atomic E-state index is 0.0154. The molecule has 7 heteroatoms. The molecule has 0 aliphatic rings. The zero-order valence-corrected chi connectivity index (χ0v) is 10.5. The summed E-state index contributed by atoms with van der Waals surface area (Å²) >= 11 is 0. The fourth-order valence-electron chi connectivity index (χ4n) is 1.42. The molecule has 0 aliphatic carbocycles. The van der Waals surface area contributed by atoms with Gasteiger partial charge in [0.2, 0.25) is 0 Å². The minimum Gasteiger partial charge on any atom is -0.468 e. The lowest BCUT2D eigenvalue weighted by Crippen LogP contribution is -2.49. The molecule has 0 aromatic rings. The molecule has 102 valence electrons. The summed E-state index contributed by atoms with van der Waals surface area (Å²) in [4.78, 5) is 12.4. The van der Waals surface area contributed by atoms with E-state index in [1.165, 1.54) is 14.2 Å². The lowest BCUT2D eigenvalue weighted by atomic mass is 10.2. The summed E-state index contributed by atoms with van der Waals surface area (Å²) in [6.07, 6.45) is -4.27. The van der Waals surface area contributed by atoms with E-state index in [4.69, 9.17) is 0 Å². The molecule has 0 amide bonds. The van der Waals surface area contributed by atoms with Gasteiger partial charge in [-0.15, -0.1) is 0 Å². The maximum absolute atomic E-state index is 12.1. The van der Waals surface area contributed by atoms with Gasteiger partial charge in [-0.1, -0.05) is 13.8 Å². The number of alkyl halides is 3. The molecule has 0 radical (unpaired) electrons. The Labute approximate surface area is 99.1 Å². The second kappa shape index (κ2) is 6.80. The number of rotatable bonds is 6. The summed E-state index contributed by atoms with van der Waals surface area (Å²) in [5.41, 5.74) is 0. The van der Waals surface area contributed by atoms with Crippen LogP contribution < -0.4 is 5.32 Å². The van der Waals surface area contributed by atoms with Crippen LogP contribution in [-0.4, -0.2) is 56.4 Å². The van der Waals surface area contributed by atoms with E-state index in [9.17, 15) is 18.0 Å². The molecular weight excluding hydrogens is 237 g/mol. The number of likely N-dealkylation sites (N-methyl/N-ethyl adjacent to an activating group) is 1. The summed E-state index contributed by atoms with van der Waals surface area (Å²) in [5.74, 6) is -0.562. The quantitative estimate of drug-likeness (QED) is 0.720. The van der Waals surface area contributed by atoms with Crippen molar-refractivity contribution in [2.45, 2.75) is 32.1 Å². The van der Waals surface area contributed by atoms with E-state index in [0.717, 1.165) is 4.90 Å². The van der Waals surface area contributed by atoms with Gasteiger partial charge in [-0.2, -0.15) is 13.2 Å². The van der Waals surface area contributed by atoms with Gasteiger partial charge < -0.3 is 10.1 Å². The fourth-order valence-corrected chi connectivity index (χ4v) is 1.42. The third kappa shape index (κ3) is 7.98. The summed E-state index contributed by atoms with van der Waals surface area (Å²) in [5, 5.41) is 2.86. The number of nitrogens with zero attached hydrogens (tertiary/aromatic N) is 1. The topological polar surface area (TPSA) is 41.6 Å². The second-order valence-electron chi connectivity index (χ2n) is 4.21. The van der Waals surface area contributed by atoms with Crippen LogP contribution in [0.2, 0.25) is 0 Å². The highest BCUT2D eigenvalue weighted by Crippen LogP contribution is 2.15. The summed E-state index contributed by atoms with van der Waals surface area (Å²) < 4.78 is 40.9. The first-order chi connectivity index (χ1) is 7.65. The molecule has 0 spiro atoms.